The Balaban J connectivity index is 2.42. The van der Waals surface area contributed by atoms with Crippen molar-refractivity contribution in [1.29, 1.82) is 0 Å². The smallest absolute Gasteiger partial charge is 0.323 e. The van der Waals surface area contributed by atoms with Crippen LogP contribution in [0, 0.1) is 0 Å². The molecular formula is C13H14N2O2. The predicted molar refractivity (Wildman–Crippen MR) is 66.0 cm³/mol. The van der Waals surface area contributed by atoms with Gasteiger partial charge in [-0.15, -0.1) is 0 Å². The van der Waals surface area contributed by atoms with Gasteiger partial charge < -0.3 is 10.3 Å². The highest BCUT2D eigenvalue weighted by molar-refractivity contribution is 6.25. The molecule has 1 aromatic rings. The summed E-state index contributed by atoms with van der Waals surface area (Å²) in [7, 11) is 1.62. The first-order valence-electron chi connectivity index (χ1n) is 5.27. The lowest BCUT2D eigenvalue weighted by Gasteiger charge is -1.98. The van der Waals surface area contributed by atoms with Gasteiger partial charge in [0.05, 0.1) is 7.11 Å². The first-order valence-corrected chi connectivity index (χ1v) is 5.27. The van der Waals surface area contributed by atoms with E-state index in [9.17, 15) is 4.79 Å². The number of methoxy groups -OCH3 is 1. The zero-order chi connectivity index (χ0) is 12.5. The molecule has 1 rings (SSSR count). The molecule has 4 heteroatoms. The Kier molecular flexibility index (Phi) is 5.41. The molecule has 0 spiro atoms. The summed E-state index contributed by atoms with van der Waals surface area (Å²) in [5.41, 5.74) is 9.19. The van der Waals surface area contributed by atoms with Gasteiger partial charge in [0, 0.05) is 6.42 Å². The van der Waals surface area contributed by atoms with E-state index in [1.165, 1.54) is 0 Å². The Morgan fingerprint density at radius 1 is 1.41 bits per heavy atom. The number of ketones is 1. The first kappa shape index (κ1) is 12.9. The van der Waals surface area contributed by atoms with Crippen LogP contribution in [0.25, 0.3) is 11.6 Å². The maximum absolute atomic E-state index is 11.0. The summed E-state index contributed by atoms with van der Waals surface area (Å²) < 4.78 is 5.05. The van der Waals surface area contributed by atoms with E-state index in [1.54, 1.807) is 7.11 Å². The van der Waals surface area contributed by atoms with Crippen LogP contribution in [0.15, 0.2) is 30.3 Å². The molecule has 4 nitrogen and oxygen atoms in total. The Hall–Kier alpha value is -2.19. The van der Waals surface area contributed by atoms with Gasteiger partial charge in [-0.25, -0.2) is 0 Å². The lowest BCUT2D eigenvalue weighted by atomic mass is 10.1. The van der Waals surface area contributed by atoms with Crippen LogP contribution in [0.4, 0.5) is 0 Å². The fraction of sp³-hybridized carbons (Fsp3) is 0.231. The quantitative estimate of drug-likeness (QED) is 0.428. The molecule has 0 saturated heterocycles. The van der Waals surface area contributed by atoms with E-state index >= 15 is 0 Å². The molecule has 0 saturated carbocycles. The van der Waals surface area contributed by atoms with E-state index in [2.05, 4.69) is 4.79 Å². The third kappa shape index (κ3) is 4.91. The molecule has 17 heavy (non-hydrogen) atoms. The third-order valence-electron chi connectivity index (χ3n) is 2.19. The van der Waals surface area contributed by atoms with Gasteiger partial charge in [0.15, 0.2) is 0 Å². The van der Waals surface area contributed by atoms with Crippen molar-refractivity contribution in [2.24, 2.45) is 0 Å². The monoisotopic (exact) mass is 230 g/mol. The molecular weight excluding hydrogens is 216 g/mol. The van der Waals surface area contributed by atoms with Gasteiger partial charge in [-0.2, -0.15) is 4.79 Å². The number of Topliss-reactive ketones (excluding diaryl/α,β-unsaturated/α-hetero) is 1. The molecule has 0 aliphatic carbocycles. The van der Waals surface area contributed by atoms with Crippen LogP contribution in [-0.4, -0.2) is 23.9 Å². The molecule has 0 bridgehead atoms. The molecule has 0 atom stereocenters. The summed E-state index contributed by atoms with van der Waals surface area (Å²) in [5.74, 6) is 0.628. The van der Waals surface area contributed by atoms with Crippen LogP contribution in [0.5, 0.6) is 5.75 Å². The van der Waals surface area contributed by atoms with Crippen LogP contribution in [0.3, 0.4) is 0 Å². The van der Waals surface area contributed by atoms with Crippen molar-refractivity contribution in [2.45, 2.75) is 12.8 Å². The van der Waals surface area contributed by atoms with E-state index in [0.717, 1.165) is 17.5 Å². The first-order chi connectivity index (χ1) is 8.26. The Morgan fingerprint density at radius 3 is 2.71 bits per heavy atom. The Morgan fingerprint density at radius 2 is 2.12 bits per heavy atom. The highest BCUT2D eigenvalue weighted by Crippen LogP contribution is 2.12. The van der Waals surface area contributed by atoms with Gasteiger partial charge in [-0.05, 0) is 24.1 Å². The molecule has 0 aromatic heterocycles. The second-order valence-electron chi connectivity index (χ2n) is 3.43. The van der Waals surface area contributed by atoms with Crippen molar-refractivity contribution in [2.75, 3.05) is 7.11 Å². The van der Waals surface area contributed by atoms with Gasteiger partial charge in [0.25, 0.3) is 0 Å². The molecule has 1 aromatic carbocycles. The summed E-state index contributed by atoms with van der Waals surface area (Å²) in [5, 5.41) is 0. The summed E-state index contributed by atoms with van der Waals surface area (Å²) in [6, 6.07) is 7.63. The SMILES string of the molecule is COc1ccc(/C=C/CCC(=O)C=[N+]=[N-])cc1. The number of nitrogens with zero attached hydrogens (tertiary/aromatic N) is 2. The molecule has 0 fully saturated rings. The molecule has 0 heterocycles. The minimum Gasteiger partial charge on any atom is -0.497 e. The minimum atomic E-state index is -0.188. The van der Waals surface area contributed by atoms with Gasteiger partial charge in [-0.3, -0.25) is 4.79 Å². The van der Waals surface area contributed by atoms with E-state index in [4.69, 9.17) is 10.3 Å². The normalized spacial score (nSPS) is 9.94. The largest absolute Gasteiger partial charge is 0.497 e. The lowest BCUT2D eigenvalue weighted by Crippen LogP contribution is -1.97. The number of allylic oxidation sites excluding steroid dienone is 1. The van der Waals surface area contributed by atoms with Crippen LogP contribution >= 0.6 is 0 Å². The van der Waals surface area contributed by atoms with Gasteiger partial charge in [0.2, 0.25) is 5.78 Å². The highest BCUT2D eigenvalue weighted by Gasteiger charge is 1.99. The minimum absolute atomic E-state index is 0.188. The van der Waals surface area contributed by atoms with Crippen molar-refractivity contribution in [3.63, 3.8) is 0 Å². The number of carbonyl (C=O) groups is 1. The van der Waals surface area contributed by atoms with E-state index < -0.39 is 0 Å². The molecule has 0 N–H and O–H groups in total. The van der Waals surface area contributed by atoms with Crippen molar-refractivity contribution in [3.8, 4) is 5.75 Å². The summed E-state index contributed by atoms with van der Waals surface area (Å²) in [6.45, 7) is 0. The standard InChI is InChI=1S/C13H14N2O2/c1-17-13-8-6-11(7-9-13)4-2-3-5-12(16)10-15-14/h2,4,6-10H,3,5H2,1H3/b4-2+. The summed E-state index contributed by atoms with van der Waals surface area (Å²) in [4.78, 5) is 13.7. The maximum atomic E-state index is 11.0. The van der Waals surface area contributed by atoms with Gasteiger partial charge >= 0.3 is 6.21 Å². The summed E-state index contributed by atoms with van der Waals surface area (Å²) in [6.07, 6.45) is 5.72. The van der Waals surface area contributed by atoms with E-state index in [-0.39, 0.29) is 5.78 Å². The van der Waals surface area contributed by atoms with Crippen LogP contribution < -0.4 is 4.74 Å². The zero-order valence-corrected chi connectivity index (χ0v) is 9.67. The molecule has 88 valence electrons. The second-order valence-corrected chi connectivity index (χ2v) is 3.43. The fourth-order valence-electron chi connectivity index (χ4n) is 1.29. The Labute approximate surface area is 100 Å². The zero-order valence-electron chi connectivity index (χ0n) is 9.67. The van der Waals surface area contributed by atoms with E-state index in [0.29, 0.717) is 12.8 Å². The number of rotatable bonds is 6. The van der Waals surface area contributed by atoms with Crippen LogP contribution in [0.2, 0.25) is 0 Å². The average Bonchev–Trinajstić information content (AvgIpc) is 2.36. The fourth-order valence-corrected chi connectivity index (χ4v) is 1.29. The molecule has 0 aliphatic rings. The maximum Gasteiger partial charge on any atom is 0.323 e. The molecule has 0 unspecified atom stereocenters. The molecule has 0 aliphatic heterocycles. The van der Waals surface area contributed by atoms with Gasteiger partial charge in [-0.1, -0.05) is 24.3 Å². The molecule has 0 radical (unpaired) electrons. The van der Waals surface area contributed by atoms with Crippen molar-refractivity contribution in [1.82, 2.24) is 0 Å². The van der Waals surface area contributed by atoms with Crippen LogP contribution in [0.1, 0.15) is 18.4 Å². The highest BCUT2D eigenvalue weighted by atomic mass is 16.5. The molecule has 0 amide bonds. The van der Waals surface area contributed by atoms with E-state index in [1.807, 2.05) is 36.4 Å². The van der Waals surface area contributed by atoms with Crippen molar-refractivity contribution in [3.05, 3.63) is 41.4 Å². The average molecular weight is 230 g/mol. The lowest BCUT2D eigenvalue weighted by molar-refractivity contribution is -0.116. The number of carbonyl (C=O) groups excluding carboxylic acids is 1. The van der Waals surface area contributed by atoms with Crippen molar-refractivity contribution < 1.29 is 14.3 Å². The second kappa shape index (κ2) is 7.14. The summed E-state index contributed by atoms with van der Waals surface area (Å²) >= 11 is 0. The number of ether oxygens (including phenoxy) is 1. The van der Waals surface area contributed by atoms with Crippen molar-refractivity contribution >= 4 is 18.1 Å². The topological polar surface area (TPSA) is 62.7 Å². The third-order valence-corrected chi connectivity index (χ3v) is 2.19. The predicted octanol–water partition coefficient (Wildman–Crippen LogP) is 2.36. The van der Waals surface area contributed by atoms with Gasteiger partial charge in [0.1, 0.15) is 5.75 Å². The number of hydrogen-bond acceptors (Lipinski definition) is 2. The van der Waals surface area contributed by atoms with Crippen LogP contribution in [-0.2, 0) is 4.79 Å². The number of hydrogen-bond donors (Lipinski definition) is 0. The Bertz CT molecular complexity index is 443. The number of benzene rings is 1.